The minimum absolute atomic E-state index is 0.0816. The molecule has 1 unspecified atom stereocenters. The fraction of sp³-hybridized carbons (Fsp3) is 0.647. The predicted molar refractivity (Wildman–Crippen MR) is 84.1 cm³/mol. The average Bonchev–Trinajstić information content (AvgIpc) is 3.27. The summed E-state index contributed by atoms with van der Waals surface area (Å²) >= 11 is 0. The van der Waals surface area contributed by atoms with Crippen molar-refractivity contribution in [2.75, 3.05) is 0 Å². The highest BCUT2D eigenvalue weighted by Gasteiger charge is 2.77. The van der Waals surface area contributed by atoms with Gasteiger partial charge < -0.3 is 4.74 Å². The van der Waals surface area contributed by atoms with Crippen LogP contribution in [0.2, 0.25) is 0 Å². The molecule has 0 spiro atoms. The number of epoxide rings is 1. The first-order valence-electron chi connectivity index (χ1n) is 8.01. The van der Waals surface area contributed by atoms with Crippen LogP contribution < -0.4 is 0 Å². The summed E-state index contributed by atoms with van der Waals surface area (Å²) in [6.07, 6.45) is 1.88. The van der Waals surface area contributed by atoms with Gasteiger partial charge in [-0.25, -0.2) is 8.42 Å². The lowest BCUT2D eigenvalue weighted by Gasteiger charge is -2.21. The summed E-state index contributed by atoms with van der Waals surface area (Å²) in [4.78, 5) is 0.405. The van der Waals surface area contributed by atoms with Gasteiger partial charge in [-0.3, -0.25) is 0 Å². The molecule has 0 bridgehead atoms. The molecular weight excluding hydrogens is 298 g/mol. The summed E-state index contributed by atoms with van der Waals surface area (Å²) in [5.41, 5.74) is 0.729. The lowest BCUT2D eigenvalue weighted by atomic mass is 9.77. The third kappa shape index (κ3) is 1.73. The summed E-state index contributed by atoms with van der Waals surface area (Å²) < 4.78 is 33.6. The van der Waals surface area contributed by atoms with Gasteiger partial charge in [0.15, 0.2) is 0 Å². The Bertz CT molecular complexity index is 727. The van der Waals surface area contributed by atoms with Crippen molar-refractivity contribution in [1.29, 1.82) is 0 Å². The normalized spacial score (nSPS) is 42.7. The van der Waals surface area contributed by atoms with Crippen LogP contribution in [-0.2, 0) is 14.8 Å². The van der Waals surface area contributed by atoms with E-state index in [1.165, 1.54) is 0 Å². The molecule has 1 aromatic rings. The van der Waals surface area contributed by atoms with Crippen LogP contribution in [0.1, 0.15) is 39.2 Å². The molecule has 2 saturated heterocycles. The number of fused-ring (bicyclic) bond motifs is 2. The number of hydrogen-bond acceptors (Lipinski definition) is 3. The van der Waals surface area contributed by atoms with E-state index in [9.17, 15) is 8.42 Å². The van der Waals surface area contributed by atoms with Gasteiger partial charge in [0, 0.05) is 6.04 Å². The van der Waals surface area contributed by atoms with E-state index in [0.29, 0.717) is 10.8 Å². The minimum atomic E-state index is -3.40. The summed E-state index contributed by atoms with van der Waals surface area (Å²) in [5.74, 6) is 0.437. The second kappa shape index (κ2) is 4.13. The molecule has 1 aromatic carbocycles. The number of nitrogens with zero attached hydrogens (tertiary/aromatic N) is 1. The molecule has 4 nitrogen and oxygen atoms in total. The molecule has 4 rings (SSSR count). The van der Waals surface area contributed by atoms with Gasteiger partial charge >= 0.3 is 0 Å². The number of aryl methyl sites for hydroxylation is 1. The van der Waals surface area contributed by atoms with Crippen LogP contribution in [0.25, 0.3) is 0 Å². The van der Waals surface area contributed by atoms with Gasteiger partial charge in [0.05, 0.1) is 22.1 Å². The molecule has 0 aromatic heterocycles. The summed E-state index contributed by atoms with van der Waals surface area (Å²) in [5, 5.41) is 0. The Morgan fingerprint density at radius 2 is 1.86 bits per heavy atom. The highest BCUT2D eigenvalue weighted by molar-refractivity contribution is 7.89. The smallest absolute Gasteiger partial charge is 0.243 e. The van der Waals surface area contributed by atoms with Crippen LogP contribution in [0.5, 0.6) is 0 Å². The fourth-order valence-corrected chi connectivity index (χ4v) is 6.35. The summed E-state index contributed by atoms with van der Waals surface area (Å²) in [6.45, 7) is 8.37. The molecular formula is C17H23NO3S. The minimum Gasteiger partial charge on any atom is -0.366 e. The first-order valence-corrected chi connectivity index (χ1v) is 9.45. The van der Waals surface area contributed by atoms with Crippen LogP contribution in [-0.4, -0.2) is 36.0 Å². The molecule has 120 valence electrons. The lowest BCUT2D eigenvalue weighted by molar-refractivity contribution is 0.221. The quantitative estimate of drug-likeness (QED) is 0.804. The highest BCUT2D eigenvalue weighted by atomic mass is 32.2. The Kier molecular flexibility index (Phi) is 2.76. The van der Waals surface area contributed by atoms with Gasteiger partial charge in [0.1, 0.15) is 0 Å². The topological polar surface area (TPSA) is 49.7 Å². The van der Waals surface area contributed by atoms with Crippen molar-refractivity contribution in [1.82, 2.24) is 4.31 Å². The van der Waals surface area contributed by atoms with Crippen molar-refractivity contribution in [2.24, 2.45) is 5.92 Å². The third-order valence-corrected chi connectivity index (χ3v) is 8.01. The highest BCUT2D eigenvalue weighted by Crippen LogP contribution is 2.65. The van der Waals surface area contributed by atoms with Crippen molar-refractivity contribution < 1.29 is 13.2 Å². The van der Waals surface area contributed by atoms with E-state index in [4.69, 9.17) is 4.74 Å². The Morgan fingerprint density at radius 3 is 2.45 bits per heavy atom. The molecule has 22 heavy (non-hydrogen) atoms. The van der Waals surface area contributed by atoms with Crippen molar-refractivity contribution in [3.05, 3.63) is 29.8 Å². The molecule has 0 N–H and O–H groups in total. The van der Waals surface area contributed by atoms with Gasteiger partial charge in [0.2, 0.25) is 10.0 Å². The number of hydrogen-bond donors (Lipinski definition) is 0. The Balaban J connectivity index is 1.64. The zero-order valence-corrected chi connectivity index (χ0v) is 14.4. The third-order valence-electron chi connectivity index (χ3n) is 5.95. The van der Waals surface area contributed by atoms with E-state index in [1.54, 1.807) is 16.4 Å². The molecule has 5 atom stereocenters. The van der Waals surface area contributed by atoms with Crippen LogP contribution in [0.3, 0.4) is 0 Å². The van der Waals surface area contributed by atoms with Crippen LogP contribution in [0.15, 0.2) is 29.2 Å². The van der Waals surface area contributed by atoms with E-state index in [2.05, 4.69) is 20.8 Å². The van der Waals surface area contributed by atoms with E-state index in [1.807, 2.05) is 19.1 Å². The monoisotopic (exact) mass is 321 g/mol. The second-order valence-electron chi connectivity index (χ2n) is 7.61. The Hall–Kier alpha value is -0.910. The van der Waals surface area contributed by atoms with Crippen molar-refractivity contribution >= 4 is 10.0 Å². The molecule has 3 aliphatic rings. The summed E-state index contributed by atoms with van der Waals surface area (Å²) in [6, 6.07) is 7.23. The number of ether oxygens (including phenoxy) is 1. The van der Waals surface area contributed by atoms with E-state index >= 15 is 0 Å². The maximum absolute atomic E-state index is 13.0. The molecule has 3 fully saturated rings. The van der Waals surface area contributed by atoms with Crippen molar-refractivity contribution in [2.45, 2.75) is 68.7 Å². The molecule has 1 aliphatic carbocycles. The SMILES string of the molecule is Cc1ccc(S(=O)(=O)N2[C@@H]3C[C@]4(C(C)C)O[C@@H]4C[C@@]32C)cc1. The van der Waals surface area contributed by atoms with E-state index in [-0.39, 0.29) is 23.3 Å². The molecule has 0 amide bonds. The van der Waals surface area contributed by atoms with Gasteiger partial charge in [0.25, 0.3) is 0 Å². The molecule has 2 aliphatic heterocycles. The molecule has 2 heterocycles. The van der Waals surface area contributed by atoms with Gasteiger partial charge in [-0.2, -0.15) is 4.31 Å². The van der Waals surface area contributed by atoms with Gasteiger partial charge in [-0.15, -0.1) is 0 Å². The Labute approximate surface area is 132 Å². The van der Waals surface area contributed by atoms with Gasteiger partial charge in [-0.1, -0.05) is 31.5 Å². The summed E-state index contributed by atoms with van der Waals surface area (Å²) in [7, 11) is -3.40. The maximum Gasteiger partial charge on any atom is 0.243 e. The van der Waals surface area contributed by atoms with E-state index < -0.39 is 10.0 Å². The maximum atomic E-state index is 13.0. The first kappa shape index (κ1) is 14.7. The average molecular weight is 321 g/mol. The standard InChI is InChI=1S/C17H23NO3S/c1-11(2)17-9-14-16(4,10-15(17)21-17)18(14)22(19,20)13-7-5-12(3)6-8-13/h5-8,11,14-15H,9-10H2,1-4H3/t14-,15-,16+,17-,18?/m1/s1. The number of rotatable bonds is 3. The Morgan fingerprint density at radius 1 is 1.23 bits per heavy atom. The van der Waals surface area contributed by atoms with Crippen LogP contribution in [0.4, 0.5) is 0 Å². The van der Waals surface area contributed by atoms with Crippen LogP contribution >= 0.6 is 0 Å². The van der Waals surface area contributed by atoms with Gasteiger partial charge in [-0.05, 0) is 44.7 Å². The fourth-order valence-electron chi connectivity index (χ4n) is 4.31. The lowest BCUT2D eigenvalue weighted by Crippen LogP contribution is -2.33. The molecule has 1 saturated carbocycles. The zero-order chi connectivity index (χ0) is 15.9. The van der Waals surface area contributed by atoms with Crippen molar-refractivity contribution in [3.63, 3.8) is 0 Å². The largest absolute Gasteiger partial charge is 0.366 e. The number of benzene rings is 1. The van der Waals surface area contributed by atoms with E-state index in [0.717, 1.165) is 18.4 Å². The second-order valence-corrected chi connectivity index (χ2v) is 9.43. The predicted octanol–water partition coefficient (Wildman–Crippen LogP) is 2.71. The molecule has 0 radical (unpaired) electrons. The zero-order valence-electron chi connectivity index (χ0n) is 13.5. The van der Waals surface area contributed by atoms with Crippen LogP contribution in [0, 0.1) is 12.8 Å². The first-order chi connectivity index (χ1) is 10.2. The molecule has 5 heteroatoms. The van der Waals surface area contributed by atoms with Crippen molar-refractivity contribution in [3.8, 4) is 0 Å². The number of sulfonamides is 1.